The number of amides is 1. The molecule has 4 rings (SSSR count). The molecule has 34 heavy (non-hydrogen) atoms. The minimum atomic E-state index is -0.0408. The van der Waals surface area contributed by atoms with Gasteiger partial charge in [-0.25, -0.2) is 0 Å². The van der Waals surface area contributed by atoms with Crippen LogP contribution in [0.25, 0.3) is 5.69 Å². The molecule has 0 bridgehead atoms. The van der Waals surface area contributed by atoms with Gasteiger partial charge < -0.3 is 10.1 Å². The van der Waals surface area contributed by atoms with Crippen LogP contribution in [-0.4, -0.2) is 33.0 Å². The third-order valence-corrected chi connectivity index (χ3v) is 6.18. The number of carbonyl (C=O) groups is 1. The number of benzene rings is 3. The maximum Gasteiger partial charge on any atom is 0.230 e. The quantitative estimate of drug-likeness (QED) is 0.316. The molecular formula is C27H28N4O2S. The van der Waals surface area contributed by atoms with Gasteiger partial charge in [0.1, 0.15) is 11.6 Å². The van der Waals surface area contributed by atoms with E-state index in [0.29, 0.717) is 18.3 Å². The van der Waals surface area contributed by atoms with E-state index >= 15 is 0 Å². The lowest BCUT2D eigenvalue weighted by molar-refractivity contribution is -0.118. The first-order valence-electron chi connectivity index (χ1n) is 11.4. The Bertz CT molecular complexity index is 1180. The molecule has 0 aliphatic carbocycles. The van der Waals surface area contributed by atoms with Crippen LogP contribution in [0.2, 0.25) is 0 Å². The summed E-state index contributed by atoms with van der Waals surface area (Å²) in [6.45, 7) is 3.09. The highest BCUT2D eigenvalue weighted by atomic mass is 32.2. The van der Waals surface area contributed by atoms with Crippen molar-refractivity contribution in [2.24, 2.45) is 0 Å². The Morgan fingerprint density at radius 1 is 0.882 bits per heavy atom. The summed E-state index contributed by atoms with van der Waals surface area (Å²) in [5.74, 6) is 1.90. The van der Waals surface area contributed by atoms with Crippen LogP contribution in [0, 0.1) is 0 Å². The minimum absolute atomic E-state index is 0.0408. The normalized spacial score (nSPS) is 10.7. The lowest BCUT2D eigenvalue weighted by Crippen LogP contribution is -2.24. The molecule has 0 fully saturated rings. The van der Waals surface area contributed by atoms with E-state index in [1.807, 2.05) is 84.3 Å². The van der Waals surface area contributed by atoms with E-state index in [-0.39, 0.29) is 11.7 Å². The van der Waals surface area contributed by atoms with Gasteiger partial charge in [0.2, 0.25) is 5.91 Å². The molecule has 0 atom stereocenters. The van der Waals surface area contributed by atoms with Crippen molar-refractivity contribution in [1.29, 1.82) is 0 Å². The summed E-state index contributed by atoms with van der Waals surface area (Å²) in [5, 5.41) is 12.6. The second-order valence-electron chi connectivity index (χ2n) is 7.70. The molecule has 1 heterocycles. The van der Waals surface area contributed by atoms with Gasteiger partial charge in [0.15, 0.2) is 5.16 Å². The molecule has 6 nitrogen and oxygen atoms in total. The first-order valence-corrected chi connectivity index (χ1v) is 12.4. The fourth-order valence-electron chi connectivity index (χ4n) is 3.55. The van der Waals surface area contributed by atoms with Gasteiger partial charge in [0.25, 0.3) is 0 Å². The van der Waals surface area contributed by atoms with E-state index in [0.717, 1.165) is 35.7 Å². The second kappa shape index (κ2) is 12.0. The summed E-state index contributed by atoms with van der Waals surface area (Å²) in [7, 11) is 0. The average Bonchev–Trinajstić information content (AvgIpc) is 3.29. The van der Waals surface area contributed by atoms with Gasteiger partial charge in [-0.15, -0.1) is 10.2 Å². The van der Waals surface area contributed by atoms with Crippen molar-refractivity contribution in [3.8, 4) is 11.4 Å². The summed E-state index contributed by atoms with van der Waals surface area (Å²) >= 11 is 1.39. The number of thioether (sulfide) groups is 1. The molecule has 1 N–H and O–H groups in total. The van der Waals surface area contributed by atoms with Crippen LogP contribution in [0.4, 0.5) is 0 Å². The molecule has 1 aromatic heterocycles. The third kappa shape index (κ3) is 6.48. The molecule has 3 aromatic carbocycles. The second-order valence-corrected chi connectivity index (χ2v) is 8.64. The molecular weight excluding hydrogens is 444 g/mol. The topological polar surface area (TPSA) is 69.0 Å². The molecule has 174 valence electrons. The van der Waals surface area contributed by atoms with Crippen molar-refractivity contribution in [1.82, 2.24) is 20.1 Å². The van der Waals surface area contributed by atoms with Crippen LogP contribution in [0.3, 0.4) is 0 Å². The van der Waals surface area contributed by atoms with Crippen LogP contribution < -0.4 is 10.1 Å². The Kier molecular flexibility index (Phi) is 8.35. The summed E-state index contributed by atoms with van der Waals surface area (Å²) in [6.07, 6.45) is 1.60. The number of rotatable bonds is 11. The largest absolute Gasteiger partial charge is 0.494 e. The summed E-state index contributed by atoms with van der Waals surface area (Å²) in [4.78, 5) is 12.5. The van der Waals surface area contributed by atoms with E-state index in [4.69, 9.17) is 4.74 Å². The minimum Gasteiger partial charge on any atom is -0.494 e. The molecule has 0 aliphatic heterocycles. The van der Waals surface area contributed by atoms with Gasteiger partial charge in [-0.2, -0.15) is 0 Å². The maximum absolute atomic E-state index is 12.5. The van der Waals surface area contributed by atoms with E-state index < -0.39 is 0 Å². The monoisotopic (exact) mass is 472 g/mol. The van der Waals surface area contributed by atoms with E-state index in [1.54, 1.807) is 0 Å². The summed E-state index contributed by atoms with van der Waals surface area (Å²) in [5.41, 5.74) is 3.27. The number of aryl methyl sites for hydroxylation is 2. The number of hydrogen-bond donors (Lipinski definition) is 1. The molecule has 0 unspecified atom stereocenters. The zero-order valence-corrected chi connectivity index (χ0v) is 20.0. The predicted octanol–water partition coefficient (Wildman–Crippen LogP) is 4.86. The molecule has 0 spiro atoms. The Labute approximate surface area is 204 Å². The Morgan fingerprint density at radius 2 is 1.56 bits per heavy atom. The van der Waals surface area contributed by atoms with E-state index in [1.165, 1.54) is 17.3 Å². The van der Waals surface area contributed by atoms with Gasteiger partial charge in [-0.3, -0.25) is 9.36 Å². The fourth-order valence-corrected chi connectivity index (χ4v) is 4.35. The van der Waals surface area contributed by atoms with Gasteiger partial charge in [-0.05, 0) is 48.7 Å². The van der Waals surface area contributed by atoms with Crippen LogP contribution in [0.15, 0.2) is 90.1 Å². The number of nitrogens with one attached hydrogen (secondary N) is 1. The highest BCUT2D eigenvalue weighted by Gasteiger charge is 2.16. The number of nitrogens with zero attached hydrogens (tertiary/aromatic N) is 3. The standard InChI is InChI=1S/C27H28N4O2S/c1-2-33-24-16-14-23(15-17-24)31-25(18-13-21-9-5-3-6-10-21)29-30-27(31)34-20-26(32)28-19-22-11-7-4-8-12-22/h3-12,14-17H,2,13,18-20H2,1H3,(H,28,32). The lowest BCUT2D eigenvalue weighted by atomic mass is 10.1. The van der Waals surface area contributed by atoms with Crippen molar-refractivity contribution in [3.63, 3.8) is 0 Å². The zero-order chi connectivity index (χ0) is 23.6. The van der Waals surface area contributed by atoms with E-state index in [9.17, 15) is 4.79 Å². The van der Waals surface area contributed by atoms with Crippen molar-refractivity contribution < 1.29 is 9.53 Å². The van der Waals surface area contributed by atoms with Gasteiger partial charge in [0.05, 0.1) is 12.4 Å². The molecule has 0 saturated carbocycles. The van der Waals surface area contributed by atoms with Gasteiger partial charge >= 0.3 is 0 Å². The number of ether oxygens (including phenoxy) is 1. The number of aromatic nitrogens is 3. The van der Waals surface area contributed by atoms with Crippen LogP contribution in [0.1, 0.15) is 23.9 Å². The average molecular weight is 473 g/mol. The first-order chi connectivity index (χ1) is 16.7. The van der Waals surface area contributed by atoms with Gasteiger partial charge in [0, 0.05) is 18.7 Å². The zero-order valence-electron chi connectivity index (χ0n) is 19.2. The van der Waals surface area contributed by atoms with Gasteiger partial charge in [-0.1, -0.05) is 72.4 Å². The Morgan fingerprint density at radius 3 is 2.24 bits per heavy atom. The number of carbonyl (C=O) groups excluding carboxylic acids is 1. The lowest BCUT2D eigenvalue weighted by Gasteiger charge is -2.12. The molecule has 0 radical (unpaired) electrons. The smallest absolute Gasteiger partial charge is 0.230 e. The molecule has 0 saturated heterocycles. The van der Waals surface area contributed by atoms with Crippen molar-refractivity contribution in [2.75, 3.05) is 12.4 Å². The predicted molar refractivity (Wildman–Crippen MR) is 135 cm³/mol. The Balaban J connectivity index is 1.47. The van der Waals surface area contributed by atoms with Crippen LogP contribution in [-0.2, 0) is 24.2 Å². The highest BCUT2D eigenvalue weighted by Crippen LogP contribution is 2.24. The van der Waals surface area contributed by atoms with Crippen molar-refractivity contribution in [2.45, 2.75) is 31.5 Å². The van der Waals surface area contributed by atoms with Crippen molar-refractivity contribution in [3.05, 3.63) is 102 Å². The summed E-state index contributed by atoms with van der Waals surface area (Å²) < 4.78 is 7.62. The van der Waals surface area contributed by atoms with E-state index in [2.05, 4.69) is 27.6 Å². The summed E-state index contributed by atoms with van der Waals surface area (Å²) in [6, 6.07) is 28.1. The third-order valence-electron chi connectivity index (χ3n) is 5.25. The highest BCUT2D eigenvalue weighted by molar-refractivity contribution is 7.99. The molecule has 4 aromatic rings. The van der Waals surface area contributed by atoms with Crippen LogP contribution >= 0.6 is 11.8 Å². The maximum atomic E-state index is 12.5. The fraction of sp³-hybridized carbons (Fsp3) is 0.222. The van der Waals surface area contributed by atoms with Crippen LogP contribution in [0.5, 0.6) is 5.75 Å². The van der Waals surface area contributed by atoms with Crippen molar-refractivity contribution >= 4 is 17.7 Å². The molecule has 0 aliphatic rings. The SMILES string of the molecule is CCOc1ccc(-n2c(CCc3ccccc3)nnc2SCC(=O)NCc2ccccc2)cc1. The number of hydrogen-bond acceptors (Lipinski definition) is 5. The molecule has 1 amide bonds. The Hall–Kier alpha value is -3.58. The molecule has 7 heteroatoms. The first kappa shape index (κ1) is 23.6.